The average molecular weight is 1700 g/mol. The van der Waals surface area contributed by atoms with Gasteiger partial charge in [-0.15, -0.1) is 20.5 Å². The number of aromatic nitrogens is 8. The van der Waals surface area contributed by atoms with E-state index in [2.05, 4.69) is 51.1 Å². The number of rotatable bonds is 25. The number of primary sulfonamides is 1. The number of nitrogens with zero attached hydrogens (tertiary/aromatic N) is 16. The summed E-state index contributed by atoms with van der Waals surface area (Å²) in [5, 5.41) is 142. The predicted molar refractivity (Wildman–Crippen MR) is 409 cm³/mol. The number of pyridine rings is 4. The molecule has 10 rings (SSSR count). The van der Waals surface area contributed by atoms with Crippen molar-refractivity contribution < 1.29 is 109 Å². The Kier molecular flexibility index (Phi) is 34.5. The molecular formula is C73H83FeN20O21S2. The van der Waals surface area contributed by atoms with Gasteiger partial charge in [0.05, 0.1) is 61.5 Å². The van der Waals surface area contributed by atoms with Crippen LogP contribution in [-0.4, -0.2) is 164 Å². The fourth-order valence-corrected chi connectivity index (χ4v) is 11.0. The maximum Gasteiger partial charge on any atom is 3.00 e. The summed E-state index contributed by atoms with van der Waals surface area (Å²) in [7, 11) is -0.770. The number of aliphatic carboxylic acids is 3. The van der Waals surface area contributed by atoms with E-state index in [9.17, 15) is 71.2 Å². The fraction of sp³-hybridized carbons (Fsp3) is 0.274. The van der Waals surface area contributed by atoms with E-state index in [1.807, 2.05) is 50.1 Å². The number of aryl methyl sites for hydroxylation is 2. The normalized spacial score (nSPS) is 12.7. The second kappa shape index (κ2) is 42.6. The molecule has 0 aliphatic heterocycles. The van der Waals surface area contributed by atoms with E-state index in [1.54, 1.807) is 134 Å². The zero-order valence-electron chi connectivity index (χ0n) is 64.5. The summed E-state index contributed by atoms with van der Waals surface area (Å²) in [6, 6.07) is 29.4. The van der Waals surface area contributed by atoms with E-state index in [1.165, 1.54) is 39.3 Å². The van der Waals surface area contributed by atoms with Crippen molar-refractivity contribution in [2.75, 3.05) is 41.3 Å². The number of benzene rings is 4. The number of sulfonamides is 1. The van der Waals surface area contributed by atoms with E-state index in [0.717, 1.165) is 36.4 Å². The molecule has 0 aliphatic carbocycles. The summed E-state index contributed by atoms with van der Waals surface area (Å²) < 4.78 is 61.7. The number of carbonyl (C=O) groups is 3. The van der Waals surface area contributed by atoms with Crippen molar-refractivity contribution in [2.24, 2.45) is 46.1 Å². The Morgan fingerprint density at radius 3 is 1.10 bits per heavy atom. The molecule has 1 radical (unpaired) electrons. The van der Waals surface area contributed by atoms with Crippen LogP contribution in [0, 0.1) is 32.5 Å². The first-order chi connectivity index (χ1) is 54.4. The van der Waals surface area contributed by atoms with Gasteiger partial charge in [0.15, 0.2) is 47.5 Å². The van der Waals surface area contributed by atoms with Gasteiger partial charge in [-0.25, -0.2) is 37.3 Å². The van der Waals surface area contributed by atoms with Crippen molar-refractivity contribution in [1.82, 2.24) is 38.5 Å². The number of hydrogen-bond donors (Lipinski definition) is 10. The summed E-state index contributed by atoms with van der Waals surface area (Å²) in [4.78, 5) is 84.9. The Bertz CT molecular complexity index is 5420. The largest absolute Gasteiger partial charge is 3.00 e. The molecule has 4 unspecified atom stereocenters. The molecule has 6 heterocycles. The Balaban J connectivity index is 0.000000342. The second-order valence-electron chi connectivity index (χ2n) is 25.7. The third-order valence-corrected chi connectivity index (χ3v) is 17.8. The van der Waals surface area contributed by atoms with Gasteiger partial charge in [-0.05, 0) is 175 Å². The molecule has 11 N–H and O–H groups in total. The molecule has 117 heavy (non-hydrogen) atoms. The van der Waals surface area contributed by atoms with Crippen LogP contribution in [0.2, 0.25) is 0 Å². The Hall–Kier alpha value is -12.8. The summed E-state index contributed by atoms with van der Waals surface area (Å²) in [6.07, 6.45) is 4.35. The Morgan fingerprint density at radius 1 is 0.496 bits per heavy atom. The van der Waals surface area contributed by atoms with Gasteiger partial charge in [-0.2, -0.15) is 29.6 Å². The topological polar surface area (TPSA) is 622 Å². The zero-order chi connectivity index (χ0) is 86.4. The van der Waals surface area contributed by atoms with E-state index >= 15 is 0 Å². The smallest absolute Gasteiger partial charge is 0.871 e. The van der Waals surface area contributed by atoms with Gasteiger partial charge in [0.25, 0.3) is 22.2 Å². The third kappa shape index (κ3) is 26.1. The molecule has 0 spiro atoms. The van der Waals surface area contributed by atoms with Gasteiger partial charge >= 0.3 is 35.0 Å². The second-order valence-corrected chi connectivity index (χ2v) is 28.7. The van der Waals surface area contributed by atoms with Crippen LogP contribution >= 0.6 is 0 Å². The molecular weight excluding hydrogens is 1610 g/mol. The van der Waals surface area contributed by atoms with Gasteiger partial charge in [0.1, 0.15) is 18.3 Å². The van der Waals surface area contributed by atoms with E-state index in [4.69, 9.17) is 40.6 Å². The minimum atomic E-state index is -4.33. The molecule has 0 bridgehead atoms. The van der Waals surface area contributed by atoms with Crippen LogP contribution in [-0.2, 0) is 64.6 Å². The van der Waals surface area contributed by atoms with Gasteiger partial charge in [0.2, 0.25) is 21.4 Å². The maximum absolute atomic E-state index is 13.5. The van der Waals surface area contributed by atoms with Crippen LogP contribution in [0.1, 0.15) is 56.1 Å². The Morgan fingerprint density at radius 2 is 0.803 bits per heavy atom. The first kappa shape index (κ1) is 94.8. The Labute approximate surface area is 677 Å². The number of H-pyrrole nitrogens is 2. The van der Waals surface area contributed by atoms with Gasteiger partial charge in [-0.3, -0.25) is 38.4 Å². The molecule has 4 aromatic carbocycles. The maximum atomic E-state index is 13.5. The number of carboxylic acids is 3. The first-order valence-corrected chi connectivity index (χ1v) is 37.5. The van der Waals surface area contributed by atoms with Crippen LogP contribution in [0.5, 0.6) is 23.3 Å². The van der Waals surface area contributed by atoms with Crippen molar-refractivity contribution in [3.8, 4) is 46.0 Å². The van der Waals surface area contributed by atoms with Crippen molar-refractivity contribution in [2.45, 2.75) is 103 Å². The third-order valence-electron chi connectivity index (χ3n) is 16.0. The number of nitrogens with two attached hydrogens (primary N) is 1. The fourth-order valence-electron chi connectivity index (χ4n) is 9.93. The zero-order valence-corrected chi connectivity index (χ0v) is 67.3. The van der Waals surface area contributed by atoms with Gasteiger partial charge in [-0.1, -0.05) is 35.8 Å². The molecule has 41 nitrogen and oxygen atoms in total. The monoisotopic (exact) mass is 1700 g/mol. The molecule has 621 valence electrons. The number of carboxylic acid groups (broad SMARTS) is 3. The SMILES string of the molecule is CC(O)C(=O)O.CC(O)C(=O)O.CC(O)C(=O)O.Cc1[nH]n(-c2ccc(N=Nc3c(C)c(-[n+]4ccccc4)c([O-])n(CCCN(C)C)c3=O)cc2)c(=O)c1N=Nc1cc(S(=N)(=O)[O-])ccc1[O-].Cc1[nH]n(-c2ccc(N=Nc3c(C)c(-[n+]4ccccc4)c([O-])n(CCCN(C)C)c3=O)cc2)c(=O)c1N=Nc1cc(S(N)(=O)=O)ccc1[O-].[Fe+3]. The van der Waals surface area contributed by atoms with Gasteiger partial charge < -0.3 is 74.6 Å². The molecule has 0 aliphatic rings. The average Bonchev–Trinajstić information content (AvgIpc) is 1.77. The molecule has 10 aromatic rings. The molecule has 4 atom stereocenters. The minimum Gasteiger partial charge on any atom is -0.871 e. The number of nitrogens with one attached hydrogen (secondary N) is 3. The number of aliphatic hydroxyl groups excluding tert-OH is 3. The van der Waals surface area contributed by atoms with Gasteiger partial charge in [0, 0.05) is 64.0 Å². The molecule has 0 saturated carbocycles. The minimum absolute atomic E-state index is 0. The summed E-state index contributed by atoms with van der Waals surface area (Å²) >= 11 is 0. The quantitative estimate of drug-likeness (QED) is 0.0208. The predicted octanol–water partition coefficient (Wildman–Crippen LogP) is 4.84. The van der Waals surface area contributed by atoms with E-state index in [0.29, 0.717) is 82.6 Å². The molecule has 0 fully saturated rings. The summed E-state index contributed by atoms with van der Waals surface area (Å²) in [5.41, 5.74) is 0.473. The van der Waals surface area contributed by atoms with Crippen molar-refractivity contribution in [3.63, 3.8) is 0 Å². The number of aromatic amines is 2. The van der Waals surface area contributed by atoms with E-state index in [-0.39, 0.29) is 69.2 Å². The molecule has 0 saturated heterocycles. The van der Waals surface area contributed by atoms with Crippen molar-refractivity contribution in [1.29, 1.82) is 4.78 Å². The first-order valence-electron chi connectivity index (χ1n) is 34.4. The van der Waals surface area contributed by atoms with Crippen LogP contribution in [0.15, 0.2) is 216 Å². The van der Waals surface area contributed by atoms with Crippen LogP contribution < -0.4 is 56.9 Å². The van der Waals surface area contributed by atoms with E-state index < -0.39 is 107 Å². The van der Waals surface area contributed by atoms with Crippen molar-refractivity contribution in [3.05, 3.63) is 210 Å². The molecule has 0 amide bonds. The van der Waals surface area contributed by atoms with Crippen LogP contribution in [0.3, 0.4) is 0 Å². The number of aliphatic hydroxyl groups is 3. The van der Waals surface area contributed by atoms with Crippen LogP contribution in [0.25, 0.3) is 22.7 Å². The standard InChI is InChI=1S/2C32H34N10O6S.3C3H6O3.Fe/c2*1-20-27(30(44)41(18-8-15-39(3)4)32(46)29(20)40-16-6-5-7-17-40)36-34-22-9-11-23(12-10-22)42-31(45)28(21(2)38-42)37-35-25-19-24(49(33,47)48)13-14-26(25)43;3*1-2(4)3(5)6;/h2*5-7,9-14,16-17,19H,8,15,18H2,1-4H3,(H4-,33,34,35,36,37,38,43,44,45,46,47,48);3*2,4H,1H3,(H,5,6);/q;;;;;+3/p-3. The molecule has 44 heteroatoms. The van der Waals surface area contributed by atoms with Crippen molar-refractivity contribution >= 4 is 83.4 Å². The summed E-state index contributed by atoms with van der Waals surface area (Å²) in [5.74, 6) is -5.63. The van der Waals surface area contributed by atoms with Crippen LogP contribution in [0.4, 0.5) is 45.5 Å². The number of hydrogen-bond acceptors (Lipinski definition) is 29. The molecule has 6 aromatic heterocycles. The number of azo groups is 4. The summed E-state index contributed by atoms with van der Waals surface area (Å²) in [6.45, 7) is 11.8.